The van der Waals surface area contributed by atoms with Crippen LogP contribution in [0.2, 0.25) is 0 Å². The van der Waals surface area contributed by atoms with Gasteiger partial charge >= 0.3 is 0 Å². The molecule has 0 atom stereocenters. The minimum Gasteiger partial charge on any atom is -0.497 e. The van der Waals surface area contributed by atoms with E-state index < -0.39 is 0 Å². The lowest BCUT2D eigenvalue weighted by atomic mass is 10.2. The summed E-state index contributed by atoms with van der Waals surface area (Å²) in [6.07, 6.45) is 6.35. The summed E-state index contributed by atoms with van der Waals surface area (Å²) in [7, 11) is 1.67. The first-order chi connectivity index (χ1) is 6.86. The Kier molecular flexibility index (Phi) is 4.79. The summed E-state index contributed by atoms with van der Waals surface area (Å²) in [6, 6.07) is 8.00. The maximum absolute atomic E-state index is 5.40. The van der Waals surface area contributed by atoms with Gasteiger partial charge in [0.25, 0.3) is 0 Å². The fraction of sp³-hybridized carbons (Fsp3) is 0.333. The first kappa shape index (κ1) is 10.8. The highest BCUT2D eigenvalue weighted by Crippen LogP contribution is 2.12. The first-order valence-corrected chi connectivity index (χ1v) is 4.87. The molecule has 2 heteroatoms. The van der Waals surface area contributed by atoms with Crippen molar-refractivity contribution in [3.63, 3.8) is 0 Å². The van der Waals surface area contributed by atoms with Crippen LogP contribution in [-0.2, 0) is 0 Å². The highest BCUT2D eigenvalue weighted by Gasteiger charge is 1.89. The molecule has 0 aliphatic heterocycles. The molecule has 0 aliphatic carbocycles. The maximum atomic E-state index is 5.40. The summed E-state index contributed by atoms with van der Waals surface area (Å²) < 4.78 is 5.07. The molecule has 2 N–H and O–H groups in total. The molecule has 1 aromatic carbocycles. The highest BCUT2D eigenvalue weighted by atomic mass is 16.5. The molecule has 0 fully saturated rings. The summed E-state index contributed by atoms with van der Waals surface area (Å²) in [4.78, 5) is 0. The molecule has 0 aromatic heterocycles. The molecular formula is C12H17NO. The van der Waals surface area contributed by atoms with E-state index in [1.165, 1.54) is 5.56 Å². The Labute approximate surface area is 85.4 Å². The summed E-state index contributed by atoms with van der Waals surface area (Å²) in [5.41, 5.74) is 6.59. The first-order valence-electron chi connectivity index (χ1n) is 4.87. The van der Waals surface area contributed by atoms with Crippen molar-refractivity contribution >= 4 is 6.08 Å². The van der Waals surface area contributed by atoms with Crippen LogP contribution < -0.4 is 10.5 Å². The molecule has 76 valence electrons. The summed E-state index contributed by atoms with van der Waals surface area (Å²) in [6.45, 7) is 0.757. The van der Waals surface area contributed by atoms with Gasteiger partial charge in [0, 0.05) is 0 Å². The molecule has 14 heavy (non-hydrogen) atoms. The van der Waals surface area contributed by atoms with Crippen LogP contribution in [0, 0.1) is 0 Å². The van der Waals surface area contributed by atoms with E-state index in [1.807, 2.05) is 24.3 Å². The third-order valence-electron chi connectivity index (χ3n) is 2.00. The van der Waals surface area contributed by atoms with Crippen molar-refractivity contribution in [1.29, 1.82) is 0 Å². The Morgan fingerprint density at radius 3 is 2.57 bits per heavy atom. The lowest BCUT2D eigenvalue weighted by Gasteiger charge is -1.98. The number of ether oxygens (including phenoxy) is 1. The van der Waals surface area contributed by atoms with Crippen LogP contribution in [0.25, 0.3) is 6.08 Å². The Morgan fingerprint density at radius 2 is 2.00 bits per heavy atom. The van der Waals surface area contributed by atoms with Crippen molar-refractivity contribution in [2.75, 3.05) is 13.7 Å². The fourth-order valence-electron chi connectivity index (χ4n) is 1.17. The highest BCUT2D eigenvalue weighted by molar-refractivity contribution is 5.50. The summed E-state index contributed by atoms with van der Waals surface area (Å²) >= 11 is 0. The predicted octanol–water partition coefficient (Wildman–Crippen LogP) is 2.45. The predicted molar refractivity (Wildman–Crippen MR) is 60.3 cm³/mol. The standard InChI is InChI=1S/C12H17NO/c1-14-12-8-6-11(7-9-12)5-3-2-4-10-13/h3,5-9H,2,4,10,13H2,1H3. The molecular weight excluding hydrogens is 174 g/mol. The number of methoxy groups -OCH3 is 1. The van der Waals surface area contributed by atoms with Crippen LogP contribution in [0.5, 0.6) is 5.75 Å². The number of rotatable bonds is 5. The summed E-state index contributed by atoms with van der Waals surface area (Å²) in [5, 5.41) is 0. The quantitative estimate of drug-likeness (QED) is 0.725. The molecule has 0 aliphatic rings. The molecule has 0 radical (unpaired) electrons. The van der Waals surface area contributed by atoms with Gasteiger partial charge in [-0.05, 0) is 37.1 Å². The molecule has 0 saturated heterocycles. The van der Waals surface area contributed by atoms with Crippen LogP contribution in [0.1, 0.15) is 18.4 Å². The average Bonchev–Trinajstić information content (AvgIpc) is 2.25. The van der Waals surface area contributed by atoms with E-state index in [2.05, 4.69) is 12.2 Å². The third kappa shape index (κ3) is 3.62. The van der Waals surface area contributed by atoms with Gasteiger partial charge in [0.05, 0.1) is 7.11 Å². The summed E-state index contributed by atoms with van der Waals surface area (Å²) in [5.74, 6) is 0.893. The number of nitrogens with two attached hydrogens (primary N) is 1. The Hall–Kier alpha value is -1.28. The number of hydrogen-bond donors (Lipinski definition) is 1. The lowest BCUT2D eigenvalue weighted by molar-refractivity contribution is 0.415. The van der Waals surface area contributed by atoms with Gasteiger partial charge in [0.1, 0.15) is 5.75 Å². The molecule has 1 aromatic rings. The lowest BCUT2D eigenvalue weighted by Crippen LogP contribution is -1.96. The van der Waals surface area contributed by atoms with Crippen molar-refractivity contribution in [1.82, 2.24) is 0 Å². The molecule has 0 amide bonds. The van der Waals surface area contributed by atoms with E-state index >= 15 is 0 Å². The molecule has 2 nitrogen and oxygen atoms in total. The van der Waals surface area contributed by atoms with Crippen molar-refractivity contribution in [3.05, 3.63) is 35.9 Å². The van der Waals surface area contributed by atoms with Gasteiger partial charge < -0.3 is 10.5 Å². The van der Waals surface area contributed by atoms with Gasteiger partial charge in [-0.3, -0.25) is 0 Å². The maximum Gasteiger partial charge on any atom is 0.118 e. The number of unbranched alkanes of at least 4 members (excludes halogenated alkanes) is 1. The van der Waals surface area contributed by atoms with Crippen LogP contribution in [0.3, 0.4) is 0 Å². The molecule has 0 bridgehead atoms. The Bertz CT molecular complexity index is 277. The zero-order chi connectivity index (χ0) is 10.2. The van der Waals surface area contributed by atoms with Crippen LogP contribution in [0.4, 0.5) is 0 Å². The molecule has 0 spiro atoms. The largest absolute Gasteiger partial charge is 0.497 e. The number of hydrogen-bond acceptors (Lipinski definition) is 2. The van der Waals surface area contributed by atoms with Gasteiger partial charge in [-0.25, -0.2) is 0 Å². The Morgan fingerprint density at radius 1 is 1.29 bits per heavy atom. The molecule has 0 unspecified atom stereocenters. The second-order valence-corrected chi connectivity index (χ2v) is 3.11. The normalized spacial score (nSPS) is 10.7. The smallest absolute Gasteiger partial charge is 0.118 e. The third-order valence-corrected chi connectivity index (χ3v) is 2.00. The van der Waals surface area contributed by atoms with E-state index in [0.29, 0.717) is 0 Å². The molecule has 0 saturated carbocycles. The van der Waals surface area contributed by atoms with Crippen molar-refractivity contribution < 1.29 is 4.74 Å². The fourth-order valence-corrected chi connectivity index (χ4v) is 1.17. The van der Waals surface area contributed by atoms with Crippen molar-refractivity contribution in [2.45, 2.75) is 12.8 Å². The topological polar surface area (TPSA) is 35.2 Å². The number of benzene rings is 1. The van der Waals surface area contributed by atoms with E-state index in [9.17, 15) is 0 Å². The SMILES string of the molecule is COc1ccc(C=CCCCN)cc1. The van der Waals surface area contributed by atoms with E-state index in [1.54, 1.807) is 7.11 Å². The van der Waals surface area contributed by atoms with Crippen LogP contribution in [-0.4, -0.2) is 13.7 Å². The van der Waals surface area contributed by atoms with E-state index in [0.717, 1.165) is 25.1 Å². The minimum absolute atomic E-state index is 0.757. The second kappa shape index (κ2) is 6.22. The monoisotopic (exact) mass is 191 g/mol. The van der Waals surface area contributed by atoms with Crippen molar-refractivity contribution in [2.24, 2.45) is 5.73 Å². The van der Waals surface area contributed by atoms with Gasteiger partial charge in [-0.2, -0.15) is 0 Å². The van der Waals surface area contributed by atoms with Crippen LogP contribution in [0.15, 0.2) is 30.3 Å². The molecule has 0 heterocycles. The minimum atomic E-state index is 0.757. The van der Waals surface area contributed by atoms with Crippen molar-refractivity contribution in [3.8, 4) is 5.75 Å². The van der Waals surface area contributed by atoms with Gasteiger partial charge in [0.15, 0.2) is 0 Å². The number of allylic oxidation sites excluding steroid dienone is 1. The Balaban J connectivity index is 2.47. The van der Waals surface area contributed by atoms with Gasteiger partial charge in [-0.1, -0.05) is 24.3 Å². The zero-order valence-corrected chi connectivity index (χ0v) is 8.57. The zero-order valence-electron chi connectivity index (χ0n) is 8.57. The second-order valence-electron chi connectivity index (χ2n) is 3.11. The average molecular weight is 191 g/mol. The van der Waals surface area contributed by atoms with Gasteiger partial charge in [0.2, 0.25) is 0 Å². The molecule has 1 rings (SSSR count). The van der Waals surface area contributed by atoms with E-state index in [-0.39, 0.29) is 0 Å². The van der Waals surface area contributed by atoms with Crippen LogP contribution >= 0.6 is 0 Å². The van der Waals surface area contributed by atoms with E-state index in [4.69, 9.17) is 10.5 Å². The van der Waals surface area contributed by atoms with Gasteiger partial charge in [-0.15, -0.1) is 0 Å².